The van der Waals surface area contributed by atoms with Crippen molar-refractivity contribution in [1.29, 1.82) is 0 Å². The van der Waals surface area contributed by atoms with Gasteiger partial charge >= 0.3 is 6.03 Å². The average Bonchev–Trinajstić information content (AvgIpc) is 3.50. The van der Waals surface area contributed by atoms with Crippen LogP contribution in [0.4, 0.5) is 10.5 Å². The van der Waals surface area contributed by atoms with Gasteiger partial charge in [0.1, 0.15) is 0 Å². The van der Waals surface area contributed by atoms with Crippen molar-refractivity contribution >= 4 is 40.8 Å². The predicted molar refractivity (Wildman–Crippen MR) is 151 cm³/mol. The third kappa shape index (κ3) is 5.89. The summed E-state index contributed by atoms with van der Waals surface area (Å²) in [5, 5.41) is 17.3. The Morgan fingerprint density at radius 2 is 1.77 bits per heavy atom. The molecule has 1 saturated heterocycles. The normalized spacial score (nSPS) is 21.6. The second-order valence-corrected chi connectivity index (χ2v) is 12.5. The summed E-state index contributed by atoms with van der Waals surface area (Å²) in [6, 6.07) is 12.6. The van der Waals surface area contributed by atoms with Crippen molar-refractivity contribution in [1.82, 2.24) is 30.8 Å². The fraction of sp³-hybridized carbons (Fsp3) is 0.464. The molecule has 0 radical (unpaired) electrons. The van der Waals surface area contributed by atoms with Gasteiger partial charge in [-0.15, -0.1) is 10.2 Å². The number of halogens is 2. The molecule has 1 saturated carbocycles. The number of hydrogen-bond acceptors (Lipinski definition) is 5. The summed E-state index contributed by atoms with van der Waals surface area (Å²) >= 11 is 12.6. The Bertz CT molecular complexity index is 1310. The van der Waals surface area contributed by atoms with Crippen LogP contribution in [0.1, 0.15) is 68.2 Å². The van der Waals surface area contributed by atoms with E-state index in [0.29, 0.717) is 46.1 Å². The highest BCUT2D eigenvalue weighted by atomic mass is 35.5. The Balaban J connectivity index is 1.36. The number of hydrogen-bond donors (Lipinski definition) is 2. The van der Waals surface area contributed by atoms with E-state index >= 15 is 0 Å². The lowest BCUT2D eigenvalue weighted by molar-refractivity contribution is 0.0631. The molecule has 1 spiro atoms. The lowest BCUT2D eigenvalue weighted by Crippen LogP contribution is -2.50. The third-order valence-electron chi connectivity index (χ3n) is 8.14. The average molecular weight is 571 g/mol. The van der Waals surface area contributed by atoms with Gasteiger partial charge in [-0.1, -0.05) is 61.3 Å². The Kier molecular flexibility index (Phi) is 7.57. The number of nitrogens with zero attached hydrogens (tertiary/aromatic N) is 5. The second kappa shape index (κ2) is 10.8. The van der Waals surface area contributed by atoms with E-state index in [2.05, 4.69) is 46.7 Å². The van der Waals surface area contributed by atoms with Crippen molar-refractivity contribution in [2.75, 3.05) is 11.4 Å². The van der Waals surface area contributed by atoms with E-state index in [1.54, 1.807) is 30.3 Å². The van der Waals surface area contributed by atoms with Crippen LogP contribution in [0.2, 0.25) is 10.0 Å². The van der Waals surface area contributed by atoms with E-state index in [4.69, 9.17) is 23.2 Å². The van der Waals surface area contributed by atoms with E-state index in [9.17, 15) is 9.59 Å². The molecule has 39 heavy (non-hydrogen) atoms. The zero-order chi connectivity index (χ0) is 27.8. The van der Waals surface area contributed by atoms with Gasteiger partial charge in [0.2, 0.25) is 0 Å². The van der Waals surface area contributed by atoms with Crippen LogP contribution >= 0.6 is 23.2 Å². The largest absolute Gasteiger partial charge is 0.345 e. The van der Waals surface area contributed by atoms with Crippen LogP contribution in [0.5, 0.6) is 0 Å². The molecule has 1 aliphatic heterocycles. The topological polar surface area (TPSA) is 107 Å². The van der Waals surface area contributed by atoms with Gasteiger partial charge in [-0.3, -0.25) is 9.69 Å². The van der Waals surface area contributed by atoms with E-state index < -0.39 is 0 Å². The number of carbonyl (C=O) groups is 2. The molecule has 3 aromatic rings. The molecule has 11 heteroatoms. The minimum absolute atomic E-state index is 0.0514. The maximum atomic E-state index is 13.9. The fourth-order valence-corrected chi connectivity index (χ4v) is 6.35. The minimum atomic E-state index is -0.283. The Morgan fingerprint density at radius 1 is 1.10 bits per heavy atom. The zero-order valence-corrected chi connectivity index (χ0v) is 23.9. The maximum Gasteiger partial charge on any atom is 0.325 e. The molecule has 0 atom stereocenters. The number of amides is 3. The quantitative estimate of drug-likeness (QED) is 0.387. The summed E-state index contributed by atoms with van der Waals surface area (Å²) in [7, 11) is 0. The van der Waals surface area contributed by atoms with Crippen LogP contribution in [0, 0.1) is 11.3 Å². The number of anilines is 1. The molecule has 2 heterocycles. The van der Waals surface area contributed by atoms with E-state index in [-0.39, 0.29) is 29.4 Å². The first-order chi connectivity index (χ1) is 18.5. The lowest BCUT2D eigenvalue weighted by Gasteiger charge is -2.45. The predicted octanol–water partition coefficient (Wildman–Crippen LogP) is 5.85. The first-order valence-corrected chi connectivity index (χ1v) is 13.9. The highest BCUT2D eigenvalue weighted by molar-refractivity contribution is 6.35. The highest BCUT2D eigenvalue weighted by Crippen LogP contribution is 2.48. The van der Waals surface area contributed by atoms with Gasteiger partial charge in [-0.2, -0.15) is 5.21 Å². The number of carbonyl (C=O) groups excluding carboxylic acids is 2. The Labute approximate surface area is 238 Å². The summed E-state index contributed by atoms with van der Waals surface area (Å²) < 4.78 is 0. The molecule has 3 amide bonds. The smallest absolute Gasteiger partial charge is 0.325 e. The molecule has 2 N–H and O–H groups in total. The minimum Gasteiger partial charge on any atom is -0.345 e. The second-order valence-electron chi connectivity index (χ2n) is 11.7. The molecular formula is C28H33Cl2N7O2. The van der Waals surface area contributed by atoms with E-state index in [1.807, 2.05) is 21.9 Å². The zero-order valence-electron chi connectivity index (χ0n) is 22.4. The number of tetrazole rings is 1. The summed E-state index contributed by atoms with van der Waals surface area (Å²) in [4.78, 5) is 30.3. The van der Waals surface area contributed by atoms with E-state index in [1.165, 1.54) is 0 Å². The maximum absolute atomic E-state index is 13.9. The van der Waals surface area contributed by atoms with Crippen molar-refractivity contribution in [3.05, 3.63) is 69.5 Å². The van der Waals surface area contributed by atoms with Crippen molar-refractivity contribution in [3.8, 4) is 0 Å². The summed E-state index contributed by atoms with van der Waals surface area (Å²) in [5.41, 5.74) is 2.14. The summed E-state index contributed by atoms with van der Waals surface area (Å²) in [5.74, 6) is 0.786. The van der Waals surface area contributed by atoms with Crippen LogP contribution in [-0.4, -0.2) is 49.5 Å². The fourth-order valence-electron chi connectivity index (χ4n) is 5.84. The molecule has 206 valence electrons. The van der Waals surface area contributed by atoms with Crippen LogP contribution in [0.25, 0.3) is 0 Å². The molecule has 2 aromatic carbocycles. The molecule has 2 aliphatic rings. The monoisotopic (exact) mass is 569 g/mol. The van der Waals surface area contributed by atoms with Gasteiger partial charge in [0.15, 0.2) is 5.82 Å². The number of urea groups is 1. The van der Waals surface area contributed by atoms with Crippen LogP contribution in [-0.2, 0) is 13.1 Å². The molecular weight excluding hydrogens is 537 g/mol. The van der Waals surface area contributed by atoms with Gasteiger partial charge in [-0.25, -0.2) is 4.79 Å². The number of aromatic amines is 1. The molecule has 1 aliphatic carbocycles. The van der Waals surface area contributed by atoms with Crippen LogP contribution in [0.15, 0.2) is 42.5 Å². The summed E-state index contributed by atoms with van der Waals surface area (Å²) in [6.07, 6.45) is 4.00. The van der Waals surface area contributed by atoms with Crippen molar-refractivity contribution in [2.24, 2.45) is 11.3 Å². The van der Waals surface area contributed by atoms with E-state index in [0.717, 1.165) is 31.2 Å². The molecule has 1 aromatic heterocycles. The van der Waals surface area contributed by atoms with Gasteiger partial charge < -0.3 is 10.2 Å². The first-order valence-electron chi connectivity index (χ1n) is 13.2. The SMILES string of the molecule is CC(C)(C)C1CCC2(CC1)CN(c1cc(Cl)cc(Cl)c1)C(=O)N2Cc1ccc(C(=O)NCc2nn[nH]n2)cc1. The summed E-state index contributed by atoms with van der Waals surface area (Å²) in [6.45, 7) is 8.12. The van der Waals surface area contributed by atoms with Gasteiger partial charge in [0.05, 0.1) is 18.6 Å². The third-order valence-corrected chi connectivity index (χ3v) is 8.58. The molecule has 0 bridgehead atoms. The molecule has 0 unspecified atom stereocenters. The van der Waals surface area contributed by atoms with Gasteiger partial charge in [0, 0.05) is 27.8 Å². The number of H-pyrrole nitrogens is 1. The van der Waals surface area contributed by atoms with Gasteiger partial charge in [0.25, 0.3) is 5.91 Å². The van der Waals surface area contributed by atoms with Crippen molar-refractivity contribution in [3.63, 3.8) is 0 Å². The number of rotatable bonds is 6. The molecule has 5 rings (SSSR count). The Hall–Kier alpha value is -3.17. The lowest BCUT2D eigenvalue weighted by atomic mass is 9.67. The first kappa shape index (κ1) is 27.4. The van der Waals surface area contributed by atoms with Crippen LogP contribution < -0.4 is 10.2 Å². The Morgan fingerprint density at radius 3 is 2.36 bits per heavy atom. The van der Waals surface area contributed by atoms with Crippen LogP contribution in [0.3, 0.4) is 0 Å². The number of nitrogens with one attached hydrogen (secondary N) is 2. The highest BCUT2D eigenvalue weighted by Gasteiger charge is 2.52. The number of aromatic nitrogens is 4. The number of benzene rings is 2. The van der Waals surface area contributed by atoms with Gasteiger partial charge in [-0.05, 0) is 72.9 Å². The molecule has 2 fully saturated rings. The standard InChI is InChI=1S/C28H33Cl2N7O2/c1-27(2,3)20-8-10-28(11-9-20)17-36(23-13-21(29)12-22(30)14-23)26(39)37(28)16-18-4-6-19(7-5-18)25(38)31-15-24-32-34-35-33-24/h4-7,12-14,20H,8-11,15-17H2,1-3H3,(H,31,38)(H,32,33,34,35). The molecule has 9 nitrogen and oxygen atoms in total. The van der Waals surface area contributed by atoms with Crippen molar-refractivity contribution in [2.45, 2.75) is 65.1 Å². The van der Waals surface area contributed by atoms with Crippen molar-refractivity contribution < 1.29 is 9.59 Å².